The van der Waals surface area contributed by atoms with Crippen molar-refractivity contribution >= 4 is 50.7 Å². The minimum absolute atomic E-state index is 0.00468. The number of benzene rings is 3. The molecule has 3 rings (SSSR count). The van der Waals surface area contributed by atoms with E-state index in [2.05, 4.69) is 5.32 Å². The van der Waals surface area contributed by atoms with Gasteiger partial charge < -0.3 is 10.2 Å². The predicted octanol–water partition coefficient (Wildman–Crippen LogP) is 5.91. The van der Waals surface area contributed by atoms with Gasteiger partial charge in [-0.2, -0.15) is 0 Å². The van der Waals surface area contributed by atoms with E-state index in [9.17, 15) is 18.0 Å². The SMILES string of the molecule is CCC(C)NC(=O)C(CC)N(Cc1ccc(Cl)cc1Cl)C(=O)CN(c1ccccc1)S(=O)(=O)c1ccccc1. The Morgan fingerprint density at radius 3 is 2.08 bits per heavy atom. The average Bonchev–Trinajstić information content (AvgIpc) is 2.93. The molecule has 39 heavy (non-hydrogen) atoms. The Morgan fingerprint density at radius 1 is 0.897 bits per heavy atom. The molecule has 2 amide bonds. The summed E-state index contributed by atoms with van der Waals surface area (Å²) in [4.78, 5) is 28.8. The second-order valence-electron chi connectivity index (χ2n) is 9.16. The van der Waals surface area contributed by atoms with E-state index >= 15 is 0 Å². The lowest BCUT2D eigenvalue weighted by Gasteiger charge is -2.34. The number of rotatable bonds is 12. The molecule has 3 aromatic carbocycles. The molecule has 0 aliphatic heterocycles. The Kier molecular flexibility index (Phi) is 10.8. The Bertz CT molecular complexity index is 1370. The van der Waals surface area contributed by atoms with Crippen LogP contribution in [0.5, 0.6) is 0 Å². The van der Waals surface area contributed by atoms with Gasteiger partial charge in [-0.1, -0.05) is 79.5 Å². The van der Waals surface area contributed by atoms with Crippen molar-refractivity contribution in [3.63, 3.8) is 0 Å². The smallest absolute Gasteiger partial charge is 0.264 e. The summed E-state index contributed by atoms with van der Waals surface area (Å²) in [6.07, 6.45) is 1.03. The monoisotopic (exact) mass is 589 g/mol. The van der Waals surface area contributed by atoms with Gasteiger partial charge in [0.25, 0.3) is 10.0 Å². The number of hydrogen-bond donors (Lipinski definition) is 1. The van der Waals surface area contributed by atoms with E-state index in [1.165, 1.54) is 17.0 Å². The normalized spacial score (nSPS) is 12.8. The van der Waals surface area contributed by atoms with Gasteiger partial charge in [0.15, 0.2) is 0 Å². The van der Waals surface area contributed by atoms with Crippen molar-refractivity contribution < 1.29 is 18.0 Å². The van der Waals surface area contributed by atoms with Crippen LogP contribution in [0.2, 0.25) is 10.0 Å². The van der Waals surface area contributed by atoms with E-state index in [0.29, 0.717) is 27.7 Å². The summed E-state index contributed by atoms with van der Waals surface area (Å²) in [5.41, 5.74) is 0.915. The summed E-state index contributed by atoms with van der Waals surface area (Å²) in [7, 11) is -4.10. The zero-order chi connectivity index (χ0) is 28.6. The van der Waals surface area contributed by atoms with Gasteiger partial charge in [0, 0.05) is 22.6 Å². The fraction of sp³-hybridized carbons (Fsp3) is 0.310. The summed E-state index contributed by atoms with van der Waals surface area (Å²) in [5, 5.41) is 3.73. The van der Waals surface area contributed by atoms with Crippen molar-refractivity contribution in [1.29, 1.82) is 0 Å². The average molecular weight is 591 g/mol. The topological polar surface area (TPSA) is 86.8 Å². The zero-order valence-electron chi connectivity index (χ0n) is 22.2. The maximum atomic E-state index is 14.0. The number of nitrogens with one attached hydrogen (secondary N) is 1. The van der Waals surface area contributed by atoms with Crippen LogP contribution in [0.25, 0.3) is 0 Å². The second kappa shape index (κ2) is 13.8. The van der Waals surface area contributed by atoms with Gasteiger partial charge in [-0.15, -0.1) is 0 Å². The molecule has 208 valence electrons. The molecule has 2 unspecified atom stereocenters. The maximum Gasteiger partial charge on any atom is 0.264 e. The predicted molar refractivity (Wildman–Crippen MR) is 156 cm³/mol. The van der Waals surface area contributed by atoms with Gasteiger partial charge in [0.05, 0.1) is 10.6 Å². The van der Waals surface area contributed by atoms with E-state index in [4.69, 9.17) is 23.2 Å². The molecule has 0 radical (unpaired) electrons. The van der Waals surface area contributed by atoms with Crippen LogP contribution in [-0.4, -0.2) is 43.8 Å². The first-order valence-corrected chi connectivity index (χ1v) is 14.9. The first-order chi connectivity index (χ1) is 18.6. The highest BCUT2D eigenvalue weighted by molar-refractivity contribution is 7.92. The minimum Gasteiger partial charge on any atom is -0.352 e. The first kappa shape index (κ1) is 30.5. The summed E-state index contributed by atoms with van der Waals surface area (Å²) in [6.45, 7) is 5.13. The number of nitrogens with zero attached hydrogens (tertiary/aromatic N) is 2. The summed E-state index contributed by atoms with van der Waals surface area (Å²) < 4.78 is 28.5. The van der Waals surface area contributed by atoms with Gasteiger partial charge in [-0.05, 0) is 61.7 Å². The van der Waals surface area contributed by atoms with Crippen LogP contribution >= 0.6 is 23.2 Å². The quantitative estimate of drug-likeness (QED) is 0.284. The van der Waals surface area contributed by atoms with Crippen molar-refractivity contribution in [1.82, 2.24) is 10.2 Å². The number of carbonyl (C=O) groups is 2. The first-order valence-electron chi connectivity index (χ1n) is 12.7. The third-order valence-electron chi connectivity index (χ3n) is 6.40. The molecule has 0 aromatic heterocycles. The highest BCUT2D eigenvalue weighted by Crippen LogP contribution is 2.26. The Labute approximate surface area is 240 Å². The van der Waals surface area contributed by atoms with Crippen LogP contribution < -0.4 is 9.62 Å². The third-order valence-corrected chi connectivity index (χ3v) is 8.77. The van der Waals surface area contributed by atoms with Gasteiger partial charge in [-0.3, -0.25) is 13.9 Å². The van der Waals surface area contributed by atoms with Crippen LogP contribution in [0.3, 0.4) is 0 Å². The second-order valence-corrected chi connectivity index (χ2v) is 11.9. The molecule has 0 saturated heterocycles. The zero-order valence-corrected chi connectivity index (χ0v) is 24.5. The Morgan fingerprint density at radius 2 is 1.51 bits per heavy atom. The molecule has 0 fully saturated rings. The molecular weight excluding hydrogens is 557 g/mol. The number of hydrogen-bond acceptors (Lipinski definition) is 4. The number of halogens is 2. The van der Waals surface area contributed by atoms with Crippen LogP contribution in [0.15, 0.2) is 83.8 Å². The van der Waals surface area contributed by atoms with E-state index in [1.807, 2.05) is 13.8 Å². The number of sulfonamides is 1. The van der Waals surface area contributed by atoms with Crippen LogP contribution in [0.4, 0.5) is 5.69 Å². The molecule has 2 atom stereocenters. The molecule has 0 aliphatic carbocycles. The molecular formula is C29H33Cl2N3O4S. The standard InChI is InChI=1S/C29H33Cl2N3O4S/c1-4-21(3)32-29(36)27(5-2)33(19-22-16-17-23(30)18-26(22)31)28(35)20-34(24-12-8-6-9-13-24)39(37,38)25-14-10-7-11-15-25/h6-18,21,27H,4-5,19-20H2,1-3H3,(H,32,36). The molecule has 0 aliphatic rings. The fourth-order valence-electron chi connectivity index (χ4n) is 4.04. The Balaban J connectivity index is 2.05. The van der Waals surface area contributed by atoms with E-state index in [-0.39, 0.29) is 23.4 Å². The largest absolute Gasteiger partial charge is 0.352 e. The number of anilines is 1. The summed E-state index contributed by atoms with van der Waals surface area (Å²) in [6, 6.07) is 20.3. The maximum absolute atomic E-state index is 14.0. The van der Waals surface area contributed by atoms with Crippen molar-refractivity contribution in [2.75, 3.05) is 10.8 Å². The van der Waals surface area contributed by atoms with E-state index in [0.717, 1.165) is 10.7 Å². The van der Waals surface area contributed by atoms with Gasteiger partial charge >= 0.3 is 0 Å². The van der Waals surface area contributed by atoms with Crippen LogP contribution in [0, 0.1) is 0 Å². The van der Waals surface area contributed by atoms with Crippen molar-refractivity contribution in [3.8, 4) is 0 Å². The Hall–Kier alpha value is -3.07. The van der Waals surface area contributed by atoms with Crippen LogP contribution in [0.1, 0.15) is 39.2 Å². The van der Waals surface area contributed by atoms with Crippen LogP contribution in [-0.2, 0) is 26.2 Å². The van der Waals surface area contributed by atoms with Crippen molar-refractivity contribution in [3.05, 3.63) is 94.5 Å². The van der Waals surface area contributed by atoms with E-state index < -0.39 is 28.5 Å². The summed E-state index contributed by atoms with van der Waals surface area (Å²) >= 11 is 12.5. The number of para-hydroxylation sites is 1. The highest BCUT2D eigenvalue weighted by atomic mass is 35.5. The lowest BCUT2D eigenvalue weighted by Crippen LogP contribution is -2.53. The highest BCUT2D eigenvalue weighted by Gasteiger charge is 2.34. The van der Waals surface area contributed by atoms with Gasteiger partial charge in [0.1, 0.15) is 12.6 Å². The molecule has 1 N–H and O–H groups in total. The van der Waals surface area contributed by atoms with Gasteiger partial charge in [0.2, 0.25) is 11.8 Å². The third kappa shape index (κ3) is 7.75. The lowest BCUT2D eigenvalue weighted by molar-refractivity contribution is -0.140. The summed E-state index contributed by atoms with van der Waals surface area (Å²) in [5.74, 6) is -0.863. The molecule has 0 spiro atoms. The molecule has 0 bridgehead atoms. The molecule has 0 saturated carbocycles. The van der Waals surface area contributed by atoms with Crippen molar-refractivity contribution in [2.45, 2.75) is 57.1 Å². The minimum atomic E-state index is -4.10. The fourth-order valence-corrected chi connectivity index (χ4v) is 5.94. The number of amides is 2. The molecule has 7 nitrogen and oxygen atoms in total. The van der Waals surface area contributed by atoms with Gasteiger partial charge in [-0.25, -0.2) is 8.42 Å². The lowest BCUT2D eigenvalue weighted by atomic mass is 10.1. The molecule has 3 aromatic rings. The number of carbonyl (C=O) groups excluding carboxylic acids is 2. The van der Waals surface area contributed by atoms with E-state index in [1.54, 1.807) is 73.7 Å². The van der Waals surface area contributed by atoms with Crippen molar-refractivity contribution in [2.24, 2.45) is 0 Å². The molecule has 10 heteroatoms. The molecule has 0 heterocycles.